The smallest absolute Gasteiger partial charge is 0.251 e. The van der Waals surface area contributed by atoms with Gasteiger partial charge in [-0.05, 0) is 25.8 Å². The Bertz CT molecular complexity index is 438. The Morgan fingerprint density at radius 1 is 1.35 bits per heavy atom. The summed E-state index contributed by atoms with van der Waals surface area (Å²) in [4.78, 5) is 23.9. The predicted molar refractivity (Wildman–Crippen MR) is 70.5 cm³/mol. The van der Waals surface area contributed by atoms with E-state index in [2.05, 4.69) is 5.32 Å². The van der Waals surface area contributed by atoms with Gasteiger partial charge in [0.2, 0.25) is 5.91 Å². The van der Waals surface area contributed by atoms with Gasteiger partial charge < -0.3 is 11.1 Å². The molecule has 5 heteroatoms. The van der Waals surface area contributed by atoms with Crippen molar-refractivity contribution in [1.29, 1.82) is 0 Å². The molecular formula is C12H18N2O2S. The van der Waals surface area contributed by atoms with Crippen LogP contribution in [0.15, 0.2) is 0 Å². The molecule has 0 spiro atoms. The van der Waals surface area contributed by atoms with E-state index in [0.29, 0.717) is 17.0 Å². The number of nitrogens with one attached hydrogen (secondary N) is 1. The maximum absolute atomic E-state index is 11.6. The maximum atomic E-state index is 11.6. The average molecular weight is 254 g/mol. The fourth-order valence-corrected chi connectivity index (χ4v) is 2.62. The lowest BCUT2D eigenvalue weighted by Gasteiger charge is -2.04. The Kier molecular flexibility index (Phi) is 4.69. The highest BCUT2D eigenvalue weighted by molar-refractivity contribution is 7.16. The van der Waals surface area contributed by atoms with E-state index in [0.717, 1.165) is 23.3 Å². The summed E-state index contributed by atoms with van der Waals surface area (Å²) in [5.74, 6) is -0.548. The van der Waals surface area contributed by atoms with Gasteiger partial charge in [-0.25, -0.2) is 0 Å². The number of carbonyl (C=O) groups is 2. The van der Waals surface area contributed by atoms with Crippen LogP contribution in [0.1, 0.15) is 47.0 Å². The van der Waals surface area contributed by atoms with Gasteiger partial charge in [-0.3, -0.25) is 9.59 Å². The van der Waals surface area contributed by atoms with Crippen molar-refractivity contribution < 1.29 is 9.59 Å². The maximum Gasteiger partial charge on any atom is 0.251 e. The number of nitrogens with two attached hydrogens (primary N) is 1. The lowest BCUT2D eigenvalue weighted by molar-refractivity contribution is -0.116. The zero-order valence-corrected chi connectivity index (χ0v) is 11.2. The Morgan fingerprint density at radius 2 is 2.00 bits per heavy atom. The van der Waals surface area contributed by atoms with Crippen molar-refractivity contribution in [3.63, 3.8) is 0 Å². The van der Waals surface area contributed by atoms with E-state index in [1.54, 1.807) is 0 Å². The number of primary amides is 1. The van der Waals surface area contributed by atoms with Gasteiger partial charge in [0.25, 0.3) is 5.91 Å². The van der Waals surface area contributed by atoms with Crippen molar-refractivity contribution in [1.82, 2.24) is 0 Å². The molecule has 1 aromatic heterocycles. The summed E-state index contributed by atoms with van der Waals surface area (Å²) in [5, 5.41) is 3.34. The van der Waals surface area contributed by atoms with Crippen LogP contribution in [-0.4, -0.2) is 11.8 Å². The molecule has 1 rings (SSSR count). The third kappa shape index (κ3) is 3.30. The van der Waals surface area contributed by atoms with Gasteiger partial charge in [0.1, 0.15) is 5.00 Å². The number of anilines is 1. The number of hydrogen-bond acceptors (Lipinski definition) is 3. The fourth-order valence-electron chi connectivity index (χ4n) is 1.54. The Balaban J connectivity index is 2.87. The van der Waals surface area contributed by atoms with Gasteiger partial charge in [-0.1, -0.05) is 13.3 Å². The van der Waals surface area contributed by atoms with Crippen LogP contribution < -0.4 is 11.1 Å². The van der Waals surface area contributed by atoms with Gasteiger partial charge in [0.15, 0.2) is 0 Å². The number of unbranched alkanes of at least 4 members (excludes halogenated alkanes) is 1. The van der Waals surface area contributed by atoms with Crippen LogP contribution in [0.5, 0.6) is 0 Å². The Labute approximate surface area is 105 Å². The van der Waals surface area contributed by atoms with Crippen LogP contribution in [0.4, 0.5) is 5.00 Å². The summed E-state index contributed by atoms with van der Waals surface area (Å²) < 4.78 is 0. The minimum absolute atomic E-state index is 0.0596. The minimum Gasteiger partial charge on any atom is -0.365 e. The normalized spacial score (nSPS) is 10.3. The van der Waals surface area contributed by atoms with Crippen molar-refractivity contribution in [2.75, 3.05) is 5.32 Å². The second-order valence-corrected chi connectivity index (χ2v) is 5.23. The molecule has 1 aromatic rings. The molecule has 17 heavy (non-hydrogen) atoms. The molecule has 0 fully saturated rings. The van der Waals surface area contributed by atoms with Gasteiger partial charge >= 0.3 is 0 Å². The number of amides is 2. The summed E-state index contributed by atoms with van der Waals surface area (Å²) in [6.45, 7) is 5.78. The molecule has 3 N–H and O–H groups in total. The summed E-state index contributed by atoms with van der Waals surface area (Å²) in [6, 6.07) is 0. The molecule has 0 aliphatic carbocycles. The van der Waals surface area contributed by atoms with E-state index in [-0.39, 0.29) is 5.91 Å². The van der Waals surface area contributed by atoms with Crippen molar-refractivity contribution >= 4 is 28.2 Å². The van der Waals surface area contributed by atoms with Crippen LogP contribution >= 0.6 is 11.3 Å². The second-order valence-electron chi connectivity index (χ2n) is 4.00. The highest BCUT2D eigenvalue weighted by Crippen LogP contribution is 2.32. The molecule has 4 nitrogen and oxygen atoms in total. The summed E-state index contributed by atoms with van der Waals surface area (Å²) in [6.07, 6.45) is 2.30. The van der Waals surface area contributed by atoms with Crippen LogP contribution in [0.25, 0.3) is 0 Å². The molecule has 0 bridgehead atoms. The Hall–Kier alpha value is -1.36. The molecule has 94 valence electrons. The number of carbonyl (C=O) groups excluding carboxylic acids is 2. The highest BCUT2D eigenvalue weighted by atomic mass is 32.1. The van der Waals surface area contributed by atoms with Gasteiger partial charge in [0, 0.05) is 11.3 Å². The van der Waals surface area contributed by atoms with E-state index in [1.807, 2.05) is 20.8 Å². The minimum atomic E-state index is -0.488. The number of thiophene rings is 1. The first-order valence-corrected chi connectivity index (χ1v) is 6.48. The van der Waals surface area contributed by atoms with Crippen LogP contribution in [0.2, 0.25) is 0 Å². The van der Waals surface area contributed by atoms with E-state index in [4.69, 9.17) is 5.73 Å². The molecular weight excluding hydrogens is 236 g/mol. The first kappa shape index (κ1) is 13.7. The fraction of sp³-hybridized carbons (Fsp3) is 0.500. The van der Waals surface area contributed by atoms with E-state index in [9.17, 15) is 9.59 Å². The van der Waals surface area contributed by atoms with E-state index >= 15 is 0 Å². The molecule has 0 saturated heterocycles. The lowest BCUT2D eigenvalue weighted by Crippen LogP contribution is -2.17. The van der Waals surface area contributed by atoms with E-state index in [1.165, 1.54) is 11.3 Å². The molecule has 0 aliphatic rings. The van der Waals surface area contributed by atoms with Crippen LogP contribution in [0, 0.1) is 13.8 Å². The number of rotatable bonds is 5. The van der Waals surface area contributed by atoms with Crippen molar-refractivity contribution in [3.8, 4) is 0 Å². The average Bonchev–Trinajstić information content (AvgIpc) is 2.51. The number of aryl methyl sites for hydroxylation is 1. The summed E-state index contributed by atoms with van der Waals surface area (Å²) >= 11 is 1.40. The SMILES string of the molecule is CCCCC(=O)Nc1sc(C)c(C)c1C(N)=O. The molecule has 2 amide bonds. The Morgan fingerprint density at radius 3 is 2.53 bits per heavy atom. The topological polar surface area (TPSA) is 72.2 Å². The second kappa shape index (κ2) is 5.82. The predicted octanol–water partition coefficient (Wildman–Crippen LogP) is 2.59. The highest BCUT2D eigenvalue weighted by Gasteiger charge is 2.18. The largest absolute Gasteiger partial charge is 0.365 e. The van der Waals surface area contributed by atoms with Crippen molar-refractivity contribution in [2.24, 2.45) is 5.73 Å². The van der Waals surface area contributed by atoms with Gasteiger partial charge in [-0.15, -0.1) is 11.3 Å². The standard InChI is InChI=1S/C12H18N2O2S/c1-4-5-6-9(15)14-12-10(11(13)16)7(2)8(3)17-12/h4-6H2,1-3H3,(H2,13,16)(H,14,15). The lowest BCUT2D eigenvalue weighted by atomic mass is 10.1. The first-order chi connectivity index (χ1) is 7.97. The molecule has 0 unspecified atom stereocenters. The van der Waals surface area contributed by atoms with Crippen LogP contribution in [0.3, 0.4) is 0 Å². The van der Waals surface area contributed by atoms with Gasteiger partial charge in [0.05, 0.1) is 5.56 Å². The van der Waals surface area contributed by atoms with E-state index < -0.39 is 5.91 Å². The summed E-state index contributed by atoms with van der Waals surface area (Å²) in [5.41, 5.74) is 6.62. The first-order valence-electron chi connectivity index (χ1n) is 5.67. The van der Waals surface area contributed by atoms with Crippen molar-refractivity contribution in [3.05, 3.63) is 16.0 Å². The van der Waals surface area contributed by atoms with Crippen LogP contribution in [-0.2, 0) is 4.79 Å². The molecule has 0 atom stereocenters. The third-order valence-electron chi connectivity index (χ3n) is 2.64. The molecule has 0 saturated carbocycles. The zero-order chi connectivity index (χ0) is 13.0. The quantitative estimate of drug-likeness (QED) is 0.847. The molecule has 0 radical (unpaired) electrons. The molecule has 0 aliphatic heterocycles. The molecule has 1 heterocycles. The zero-order valence-electron chi connectivity index (χ0n) is 10.4. The molecule has 0 aromatic carbocycles. The van der Waals surface area contributed by atoms with Crippen molar-refractivity contribution in [2.45, 2.75) is 40.0 Å². The third-order valence-corrected chi connectivity index (χ3v) is 3.76. The number of hydrogen-bond donors (Lipinski definition) is 2. The van der Waals surface area contributed by atoms with Gasteiger partial charge in [-0.2, -0.15) is 0 Å². The monoisotopic (exact) mass is 254 g/mol. The summed E-state index contributed by atoms with van der Waals surface area (Å²) in [7, 11) is 0.